The largest absolute Gasteiger partial charge is 0.486 e. The van der Waals surface area contributed by atoms with Gasteiger partial charge < -0.3 is 10.5 Å². The Hall–Kier alpha value is -1.54. The second-order valence-electron chi connectivity index (χ2n) is 4.54. The molecule has 0 radical (unpaired) electrons. The third kappa shape index (κ3) is 2.17. The van der Waals surface area contributed by atoms with E-state index in [2.05, 4.69) is 18.2 Å². The predicted molar refractivity (Wildman–Crippen MR) is 67.7 cm³/mol. The molecular weight excluding hydrogens is 198 g/mol. The Morgan fingerprint density at radius 3 is 2.50 bits per heavy atom. The van der Waals surface area contributed by atoms with Crippen molar-refractivity contribution < 1.29 is 4.74 Å². The van der Waals surface area contributed by atoms with Crippen LogP contribution in [0.1, 0.15) is 13.8 Å². The van der Waals surface area contributed by atoms with Crippen molar-refractivity contribution in [2.24, 2.45) is 5.73 Å². The minimum absolute atomic E-state index is 0.329. The van der Waals surface area contributed by atoms with E-state index in [1.165, 1.54) is 5.39 Å². The van der Waals surface area contributed by atoms with Crippen LogP contribution in [0.25, 0.3) is 10.8 Å². The first kappa shape index (κ1) is 11.0. The molecule has 2 rings (SSSR count). The SMILES string of the molecule is CC(C)(CN)Oc1cccc2ccccc12. The Bertz CT molecular complexity index is 486. The number of benzene rings is 2. The lowest BCUT2D eigenvalue weighted by Crippen LogP contribution is -2.37. The molecule has 0 saturated carbocycles. The smallest absolute Gasteiger partial charge is 0.128 e. The molecule has 0 saturated heterocycles. The molecule has 0 aromatic heterocycles. The van der Waals surface area contributed by atoms with Gasteiger partial charge in [-0.2, -0.15) is 0 Å². The summed E-state index contributed by atoms with van der Waals surface area (Å²) in [6, 6.07) is 14.3. The van der Waals surface area contributed by atoms with Crippen LogP contribution in [0.4, 0.5) is 0 Å². The normalized spacial score (nSPS) is 11.7. The minimum atomic E-state index is -0.329. The Morgan fingerprint density at radius 1 is 1.06 bits per heavy atom. The van der Waals surface area contributed by atoms with Gasteiger partial charge in [0, 0.05) is 11.9 Å². The van der Waals surface area contributed by atoms with E-state index in [4.69, 9.17) is 10.5 Å². The van der Waals surface area contributed by atoms with Crippen LogP contribution in [0.5, 0.6) is 5.75 Å². The molecule has 2 aromatic carbocycles. The van der Waals surface area contributed by atoms with Crippen molar-refractivity contribution in [2.45, 2.75) is 19.4 Å². The fraction of sp³-hybridized carbons (Fsp3) is 0.286. The monoisotopic (exact) mass is 215 g/mol. The maximum Gasteiger partial charge on any atom is 0.128 e. The second kappa shape index (κ2) is 4.14. The van der Waals surface area contributed by atoms with Gasteiger partial charge in [-0.15, -0.1) is 0 Å². The highest BCUT2D eigenvalue weighted by molar-refractivity contribution is 5.88. The van der Waals surface area contributed by atoms with Gasteiger partial charge in [0.15, 0.2) is 0 Å². The highest BCUT2D eigenvalue weighted by atomic mass is 16.5. The van der Waals surface area contributed by atoms with E-state index in [1.54, 1.807) is 0 Å². The highest BCUT2D eigenvalue weighted by Crippen LogP contribution is 2.27. The number of nitrogens with two attached hydrogens (primary N) is 1. The van der Waals surface area contributed by atoms with Gasteiger partial charge in [-0.25, -0.2) is 0 Å². The van der Waals surface area contributed by atoms with Crippen molar-refractivity contribution in [2.75, 3.05) is 6.54 Å². The number of ether oxygens (including phenoxy) is 1. The van der Waals surface area contributed by atoms with Gasteiger partial charge in [-0.1, -0.05) is 36.4 Å². The summed E-state index contributed by atoms with van der Waals surface area (Å²) in [4.78, 5) is 0. The molecule has 0 spiro atoms. The van der Waals surface area contributed by atoms with Gasteiger partial charge >= 0.3 is 0 Å². The average molecular weight is 215 g/mol. The van der Waals surface area contributed by atoms with Gasteiger partial charge in [0.05, 0.1) is 0 Å². The van der Waals surface area contributed by atoms with E-state index in [0.717, 1.165) is 11.1 Å². The van der Waals surface area contributed by atoms with Crippen LogP contribution in [0.2, 0.25) is 0 Å². The molecule has 0 unspecified atom stereocenters. The Balaban J connectivity index is 2.45. The molecule has 0 bridgehead atoms. The van der Waals surface area contributed by atoms with Crippen LogP contribution in [0.15, 0.2) is 42.5 Å². The number of rotatable bonds is 3. The van der Waals surface area contributed by atoms with Gasteiger partial charge in [-0.05, 0) is 25.3 Å². The maximum absolute atomic E-state index is 5.94. The molecular formula is C14H17NO. The van der Waals surface area contributed by atoms with Crippen molar-refractivity contribution in [3.05, 3.63) is 42.5 Å². The third-order valence-electron chi connectivity index (χ3n) is 2.63. The van der Waals surface area contributed by atoms with Crippen molar-refractivity contribution >= 4 is 10.8 Å². The first-order valence-corrected chi connectivity index (χ1v) is 5.49. The molecule has 0 heterocycles. The zero-order valence-corrected chi connectivity index (χ0v) is 9.73. The molecule has 0 fully saturated rings. The zero-order valence-electron chi connectivity index (χ0n) is 9.73. The van der Waals surface area contributed by atoms with E-state index in [0.29, 0.717) is 6.54 Å². The summed E-state index contributed by atoms with van der Waals surface area (Å²) in [7, 11) is 0. The molecule has 2 heteroatoms. The average Bonchev–Trinajstić information content (AvgIpc) is 2.29. The van der Waals surface area contributed by atoms with E-state index in [1.807, 2.05) is 38.1 Å². The van der Waals surface area contributed by atoms with Gasteiger partial charge in [0.25, 0.3) is 0 Å². The summed E-state index contributed by atoms with van der Waals surface area (Å²) in [5.41, 5.74) is 5.34. The van der Waals surface area contributed by atoms with E-state index in [9.17, 15) is 0 Å². The standard InChI is InChI=1S/C14H17NO/c1-14(2,10-15)16-13-9-5-7-11-6-3-4-8-12(11)13/h3-9H,10,15H2,1-2H3. The first-order valence-electron chi connectivity index (χ1n) is 5.49. The van der Waals surface area contributed by atoms with Crippen LogP contribution in [-0.4, -0.2) is 12.1 Å². The zero-order chi connectivity index (χ0) is 11.6. The Kier molecular flexibility index (Phi) is 2.84. The van der Waals surface area contributed by atoms with Gasteiger partial charge in [-0.3, -0.25) is 0 Å². The molecule has 2 nitrogen and oxygen atoms in total. The van der Waals surface area contributed by atoms with Crippen molar-refractivity contribution in [1.29, 1.82) is 0 Å². The molecule has 16 heavy (non-hydrogen) atoms. The molecule has 0 amide bonds. The maximum atomic E-state index is 5.94. The molecule has 0 aliphatic rings. The molecule has 84 valence electrons. The summed E-state index contributed by atoms with van der Waals surface area (Å²) >= 11 is 0. The van der Waals surface area contributed by atoms with E-state index in [-0.39, 0.29) is 5.60 Å². The van der Waals surface area contributed by atoms with Crippen molar-refractivity contribution in [3.8, 4) is 5.75 Å². The first-order chi connectivity index (χ1) is 7.62. The lowest BCUT2D eigenvalue weighted by Gasteiger charge is -2.25. The summed E-state index contributed by atoms with van der Waals surface area (Å²) < 4.78 is 5.94. The van der Waals surface area contributed by atoms with E-state index < -0.39 is 0 Å². The topological polar surface area (TPSA) is 35.2 Å². The summed E-state index contributed by atoms with van der Waals surface area (Å²) in [6.07, 6.45) is 0. The highest BCUT2D eigenvalue weighted by Gasteiger charge is 2.18. The molecule has 2 N–H and O–H groups in total. The third-order valence-corrected chi connectivity index (χ3v) is 2.63. The molecule has 2 aromatic rings. The van der Waals surface area contributed by atoms with Crippen LogP contribution < -0.4 is 10.5 Å². The fourth-order valence-corrected chi connectivity index (χ4v) is 1.62. The van der Waals surface area contributed by atoms with E-state index >= 15 is 0 Å². The fourth-order valence-electron chi connectivity index (χ4n) is 1.62. The molecule has 0 atom stereocenters. The quantitative estimate of drug-likeness (QED) is 0.854. The summed E-state index contributed by atoms with van der Waals surface area (Å²) in [5.74, 6) is 0.897. The number of fused-ring (bicyclic) bond motifs is 1. The van der Waals surface area contributed by atoms with Crippen LogP contribution >= 0.6 is 0 Å². The lowest BCUT2D eigenvalue weighted by atomic mass is 10.1. The predicted octanol–water partition coefficient (Wildman–Crippen LogP) is 2.96. The lowest BCUT2D eigenvalue weighted by molar-refractivity contribution is 0.121. The second-order valence-corrected chi connectivity index (χ2v) is 4.54. The summed E-state index contributed by atoms with van der Waals surface area (Å²) in [6.45, 7) is 4.49. The molecule has 0 aliphatic heterocycles. The van der Waals surface area contributed by atoms with Gasteiger partial charge in [0.2, 0.25) is 0 Å². The van der Waals surface area contributed by atoms with Gasteiger partial charge in [0.1, 0.15) is 11.4 Å². The molecule has 0 aliphatic carbocycles. The number of hydrogen-bond acceptors (Lipinski definition) is 2. The van der Waals surface area contributed by atoms with Crippen molar-refractivity contribution in [1.82, 2.24) is 0 Å². The van der Waals surface area contributed by atoms with Crippen molar-refractivity contribution in [3.63, 3.8) is 0 Å². The Labute approximate surface area is 96.0 Å². The van der Waals surface area contributed by atoms with Crippen LogP contribution in [0.3, 0.4) is 0 Å². The van der Waals surface area contributed by atoms with Crippen LogP contribution in [0, 0.1) is 0 Å². The van der Waals surface area contributed by atoms with Crippen LogP contribution in [-0.2, 0) is 0 Å². The summed E-state index contributed by atoms with van der Waals surface area (Å²) in [5, 5.41) is 2.32. The number of hydrogen-bond donors (Lipinski definition) is 1. The minimum Gasteiger partial charge on any atom is -0.486 e. The Morgan fingerprint density at radius 2 is 1.75 bits per heavy atom.